The number of hydrogen-bond donors (Lipinski definition) is 3. The Morgan fingerprint density at radius 1 is 1.46 bits per heavy atom. The highest BCUT2D eigenvalue weighted by Crippen LogP contribution is 2.20. The van der Waals surface area contributed by atoms with Gasteiger partial charge in [-0.2, -0.15) is 0 Å². The lowest BCUT2D eigenvalue weighted by Gasteiger charge is -2.05. The van der Waals surface area contributed by atoms with E-state index in [4.69, 9.17) is 5.73 Å². The van der Waals surface area contributed by atoms with Gasteiger partial charge in [0.15, 0.2) is 0 Å². The van der Waals surface area contributed by atoms with Crippen molar-refractivity contribution in [1.29, 1.82) is 0 Å². The molecule has 1 rings (SSSR count). The third-order valence-corrected chi connectivity index (χ3v) is 1.98. The van der Waals surface area contributed by atoms with E-state index >= 15 is 0 Å². The predicted molar refractivity (Wildman–Crippen MR) is 54.8 cm³/mol. The predicted octanol–water partition coefficient (Wildman–Crippen LogP) is 1.13. The molecule has 0 unspecified atom stereocenters. The van der Waals surface area contributed by atoms with Gasteiger partial charge in [0.05, 0.1) is 0 Å². The normalized spacial score (nSPS) is 10.2. The number of nitrogens with one attached hydrogen (secondary N) is 1. The molecule has 0 aromatic heterocycles. The average molecular weight is 180 g/mol. The van der Waals surface area contributed by atoms with Gasteiger partial charge in [-0.1, -0.05) is 0 Å². The van der Waals surface area contributed by atoms with Crippen LogP contribution in [0.25, 0.3) is 0 Å². The van der Waals surface area contributed by atoms with E-state index in [1.54, 1.807) is 12.1 Å². The molecule has 0 aliphatic heterocycles. The van der Waals surface area contributed by atoms with Crippen LogP contribution in [0.2, 0.25) is 0 Å². The van der Waals surface area contributed by atoms with Crippen molar-refractivity contribution in [3.63, 3.8) is 0 Å². The molecule has 0 saturated carbocycles. The number of benzene rings is 1. The largest absolute Gasteiger partial charge is 0.508 e. The number of aryl methyl sites for hydroxylation is 1. The molecule has 3 heteroatoms. The van der Waals surface area contributed by atoms with Gasteiger partial charge in [-0.3, -0.25) is 0 Å². The van der Waals surface area contributed by atoms with E-state index in [0.717, 1.165) is 24.9 Å². The van der Waals surface area contributed by atoms with E-state index in [2.05, 4.69) is 5.32 Å². The van der Waals surface area contributed by atoms with Crippen LogP contribution in [0, 0.1) is 0 Å². The Labute approximate surface area is 78.6 Å². The zero-order valence-corrected chi connectivity index (χ0v) is 7.88. The number of nitrogens with two attached hydrogens (primary N) is 1. The molecule has 0 saturated heterocycles. The van der Waals surface area contributed by atoms with E-state index in [0.29, 0.717) is 11.4 Å². The number of hydrogen-bond acceptors (Lipinski definition) is 3. The lowest BCUT2D eigenvalue weighted by Crippen LogP contribution is -2.08. The molecule has 0 atom stereocenters. The highest BCUT2D eigenvalue weighted by atomic mass is 16.3. The van der Waals surface area contributed by atoms with Crippen molar-refractivity contribution in [3.05, 3.63) is 23.8 Å². The van der Waals surface area contributed by atoms with Gasteiger partial charge in [-0.15, -0.1) is 0 Å². The molecular formula is C10H16N2O. The Balaban J connectivity index is 2.59. The Morgan fingerprint density at radius 2 is 2.23 bits per heavy atom. The molecule has 13 heavy (non-hydrogen) atoms. The molecule has 3 nitrogen and oxygen atoms in total. The molecule has 72 valence electrons. The fourth-order valence-corrected chi connectivity index (χ4v) is 1.26. The number of rotatable bonds is 4. The minimum absolute atomic E-state index is 0.338. The van der Waals surface area contributed by atoms with E-state index in [9.17, 15) is 5.11 Å². The van der Waals surface area contributed by atoms with Crippen molar-refractivity contribution in [2.75, 3.05) is 19.3 Å². The van der Waals surface area contributed by atoms with Crippen LogP contribution in [0.4, 0.5) is 5.69 Å². The smallest absolute Gasteiger partial charge is 0.118 e. The first kappa shape index (κ1) is 9.86. The molecular weight excluding hydrogens is 164 g/mol. The standard InChI is InChI=1S/C10H16N2O/c1-12-6-2-3-8-7-9(11)4-5-10(8)13/h4-5,7,12-13H,2-3,6,11H2,1H3. The molecule has 0 bridgehead atoms. The third kappa shape index (κ3) is 2.95. The molecule has 1 aromatic rings. The summed E-state index contributed by atoms with van der Waals surface area (Å²) in [4.78, 5) is 0. The average Bonchev–Trinajstić information content (AvgIpc) is 2.11. The summed E-state index contributed by atoms with van der Waals surface area (Å²) in [5.74, 6) is 0.338. The van der Waals surface area contributed by atoms with E-state index in [-0.39, 0.29) is 0 Å². The van der Waals surface area contributed by atoms with Gasteiger partial charge >= 0.3 is 0 Å². The summed E-state index contributed by atoms with van der Waals surface area (Å²) in [5, 5.41) is 12.5. The van der Waals surface area contributed by atoms with Crippen molar-refractivity contribution in [3.8, 4) is 5.75 Å². The van der Waals surface area contributed by atoms with Crippen molar-refractivity contribution in [2.24, 2.45) is 0 Å². The summed E-state index contributed by atoms with van der Waals surface area (Å²) < 4.78 is 0. The molecule has 4 N–H and O–H groups in total. The number of phenolic OH excluding ortho intramolecular Hbond substituents is 1. The minimum Gasteiger partial charge on any atom is -0.508 e. The van der Waals surface area contributed by atoms with Crippen LogP contribution < -0.4 is 11.1 Å². The summed E-state index contributed by atoms with van der Waals surface area (Å²) >= 11 is 0. The molecule has 0 aliphatic carbocycles. The second-order valence-corrected chi connectivity index (χ2v) is 3.10. The maximum absolute atomic E-state index is 9.46. The van der Waals surface area contributed by atoms with E-state index < -0.39 is 0 Å². The maximum Gasteiger partial charge on any atom is 0.118 e. The van der Waals surface area contributed by atoms with Crippen LogP contribution in [0.3, 0.4) is 0 Å². The maximum atomic E-state index is 9.46. The molecule has 0 radical (unpaired) electrons. The van der Waals surface area contributed by atoms with Crippen LogP contribution in [0.15, 0.2) is 18.2 Å². The monoisotopic (exact) mass is 180 g/mol. The highest BCUT2D eigenvalue weighted by molar-refractivity contribution is 5.47. The Hall–Kier alpha value is -1.22. The Bertz CT molecular complexity index is 274. The van der Waals surface area contributed by atoms with Gasteiger partial charge in [0.25, 0.3) is 0 Å². The van der Waals surface area contributed by atoms with Gasteiger partial charge in [0.1, 0.15) is 5.75 Å². The van der Waals surface area contributed by atoms with E-state index in [1.807, 2.05) is 13.1 Å². The van der Waals surface area contributed by atoms with Crippen LogP contribution in [0.5, 0.6) is 5.75 Å². The first-order valence-corrected chi connectivity index (χ1v) is 4.46. The van der Waals surface area contributed by atoms with Gasteiger partial charge in [-0.25, -0.2) is 0 Å². The van der Waals surface area contributed by atoms with Gasteiger partial charge in [0, 0.05) is 5.69 Å². The van der Waals surface area contributed by atoms with E-state index in [1.165, 1.54) is 0 Å². The van der Waals surface area contributed by atoms with Gasteiger partial charge in [-0.05, 0) is 50.2 Å². The Morgan fingerprint density at radius 3 is 2.92 bits per heavy atom. The number of phenols is 1. The van der Waals surface area contributed by atoms with Gasteiger partial charge in [0.2, 0.25) is 0 Å². The summed E-state index contributed by atoms with van der Waals surface area (Å²) in [6, 6.07) is 5.17. The highest BCUT2D eigenvalue weighted by Gasteiger charge is 2.00. The van der Waals surface area contributed by atoms with Crippen LogP contribution >= 0.6 is 0 Å². The molecule has 0 spiro atoms. The molecule has 1 aromatic carbocycles. The lowest BCUT2D eigenvalue weighted by molar-refractivity contribution is 0.467. The topological polar surface area (TPSA) is 58.3 Å². The Kier molecular flexibility index (Phi) is 3.58. The van der Waals surface area contributed by atoms with Crippen molar-refractivity contribution >= 4 is 5.69 Å². The second-order valence-electron chi connectivity index (χ2n) is 3.10. The zero-order chi connectivity index (χ0) is 9.68. The fourth-order valence-electron chi connectivity index (χ4n) is 1.26. The minimum atomic E-state index is 0.338. The van der Waals surface area contributed by atoms with Gasteiger partial charge < -0.3 is 16.2 Å². The number of nitrogen functional groups attached to an aromatic ring is 1. The molecule has 0 fully saturated rings. The van der Waals surface area contributed by atoms with Crippen molar-refractivity contribution < 1.29 is 5.11 Å². The fraction of sp³-hybridized carbons (Fsp3) is 0.400. The van der Waals surface area contributed by atoms with Crippen LogP contribution in [0.1, 0.15) is 12.0 Å². The quantitative estimate of drug-likeness (QED) is 0.370. The molecule has 0 aliphatic rings. The lowest BCUT2D eigenvalue weighted by atomic mass is 10.1. The third-order valence-electron chi connectivity index (χ3n) is 1.98. The summed E-state index contributed by atoms with van der Waals surface area (Å²) in [5.41, 5.74) is 7.24. The molecule has 0 amide bonds. The number of aromatic hydroxyl groups is 1. The second kappa shape index (κ2) is 4.72. The van der Waals surface area contributed by atoms with Crippen LogP contribution in [-0.4, -0.2) is 18.7 Å². The van der Waals surface area contributed by atoms with Crippen LogP contribution in [-0.2, 0) is 6.42 Å². The van der Waals surface area contributed by atoms with Crippen molar-refractivity contribution in [2.45, 2.75) is 12.8 Å². The first-order valence-electron chi connectivity index (χ1n) is 4.46. The number of anilines is 1. The zero-order valence-electron chi connectivity index (χ0n) is 7.88. The van der Waals surface area contributed by atoms with Crippen molar-refractivity contribution in [1.82, 2.24) is 5.32 Å². The molecule has 0 heterocycles. The first-order chi connectivity index (χ1) is 6.24. The SMILES string of the molecule is CNCCCc1cc(N)ccc1O. The summed E-state index contributed by atoms with van der Waals surface area (Å²) in [7, 11) is 1.92. The summed E-state index contributed by atoms with van der Waals surface area (Å²) in [6.45, 7) is 0.953. The summed E-state index contributed by atoms with van der Waals surface area (Å²) in [6.07, 6.45) is 1.87.